The lowest BCUT2D eigenvalue weighted by atomic mass is 10.1. The Hall–Kier alpha value is -4.47. The van der Waals surface area contributed by atoms with Gasteiger partial charge >= 0.3 is 5.69 Å². The Balaban J connectivity index is 1.45. The number of nitrogens with zero attached hydrogens (tertiary/aromatic N) is 2. The van der Waals surface area contributed by atoms with Gasteiger partial charge in [-0.05, 0) is 61.7 Å². The molecule has 1 saturated carbocycles. The van der Waals surface area contributed by atoms with Crippen molar-refractivity contribution in [1.29, 1.82) is 0 Å². The minimum absolute atomic E-state index is 0.0854. The molecule has 0 unspecified atom stereocenters. The van der Waals surface area contributed by atoms with Crippen LogP contribution >= 0.6 is 0 Å². The third kappa shape index (κ3) is 4.50. The molecule has 0 bridgehead atoms. The summed E-state index contributed by atoms with van der Waals surface area (Å²) in [6.45, 7) is 2.29. The van der Waals surface area contributed by atoms with Crippen LogP contribution in [0.5, 0.6) is 0 Å². The number of fused-ring (bicyclic) bond motifs is 1. The maximum Gasteiger partial charge on any atom is 0.329 e. The Morgan fingerprint density at radius 3 is 2.37 bits per heavy atom. The van der Waals surface area contributed by atoms with E-state index in [1.807, 2.05) is 6.92 Å². The van der Waals surface area contributed by atoms with Crippen molar-refractivity contribution in [3.05, 3.63) is 86.6 Å². The number of benzene rings is 1. The van der Waals surface area contributed by atoms with E-state index in [2.05, 4.69) is 20.6 Å². The number of pyridine rings is 1. The first-order valence-corrected chi connectivity index (χ1v) is 11.4. The Bertz CT molecular complexity index is 1530. The zero-order chi connectivity index (χ0) is 24.5. The van der Waals surface area contributed by atoms with Crippen LogP contribution in [0.15, 0.2) is 62.7 Å². The molecular formula is C25H23N5O5. The summed E-state index contributed by atoms with van der Waals surface area (Å²) >= 11 is 0. The van der Waals surface area contributed by atoms with Crippen LogP contribution < -0.4 is 21.9 Å². The molecule has 1 aliphatic carbocycles. The van der Waals surface area contributed by atoms with Crippen molar-refractivity contribution < 1.29 is 14.0 Å². The number of rotatable bonds is 7. The molecule has 1 aliphatic rings. The molecular weight excluding hydrogens is 450 g/mol. The molecule has 10 nitrogen and oxygen atoms in total. The Morgan fingerprint density at radius 2 is 1.77 bits per heavy atom. The van der Waals surface area contributed by atoms with E-state index in [-0.39, 0.29) is 34.2 Å². The predicted molar refractivity (Wildman–Crippen MR) is 130 cm³/mol. The Kier molecular flexibility index (Phi) is 5.77. The highest BCUT2D eigenvalue weighted by molar-refractivity contribution is 6.12. The lowest BCUT2D eigenvalue weighted by molar-refractivity contribution is 0.0994. The van der Waals surface area contributed by atoms with Crippen LogP contribution in [-0.4, -0.2) is 26.3 Å². The minimum atomic E-state index is -0.645. The largest absolute Gasteiger partial charge is 0.459 e. The van der Waals surface area contributed by atoms with Gasteiger partial charge in [-0.3, -0.25) is 23.9 Å². The Morgan fingerprint density at radius 1 is 1.09 bits per heavy atom. The first-order chi connectivity index (χ1) is 16.9. The number of H-pyrrole nitrogens is 1. The first-order valence-electron chi connectivity index (χ1n) is 11.4. The van der Waals surface area contributed by atoms with Crippen LogP contribution in [0.2, 0.25) is 0 Å². The van der Waals surface area contributed by atoms with Gasteiger partial charge in [-0.25, -0.2) is 9.78 Å². The number of furan rings is 1. The summed E-state index contributed by atoms with van der Waals surface area (Å²) in [5.41, 5.74) is 0.909. The molecule has 0 aliphatic heterocycles. The maximum atomic E-state index is 13.3. The number of aromatic amines is 1. The van der Waals surface area contributed by atoms with Gasteiger partial charge in [0.05, 0.1) is 17.2 Å². The van der Waals surface area contributed by atoms with Crippen molar-refractivity contribution in [2.75, 3.05) is 10.6 Å². The van der Waals surface area contributed by atoms with E-state index < -0.39 is 17.2 Å². The number of carbonyl (C=O) groups is 2. The van der Waals surface area contributed by atoms with Gasteiger partial charge in [-0.15, -0.1) is 0 Å². The molecule has 3 heterocycles. The normalized spacial score (nSPS) is 13.1. The summed E-state index contributed by atoms with van der Waals surface area (Å²) in [7, 11) is 0. The zero-order valence-corrected chi connectivity index (χ0v) is 19.0. The fourth-order valence-corrected chi connectivity index (χ4v) is 3.93. The number of aromatic nitrogens is 3. The van der Waals surface area contributed by atoms with Crippen LogP contribution in [-0.2, 0) is 6.54 Å². The molecule has 2 amide bonds. The highest BCUT2D eigenvalue weighted by atomic mass is 16.3. The summed E-state index contributed by atoms with van der Waals surface area (Å²) in [5, 5.41) is 5.59. The fourth-order valence-electron chi connectivity index (χ4n) is 3.93. The second kappa shape index (κ2) is 9.05. The van der Waals surface area contributed by atoms with Gasteiger partial charge in [0, 0.05) is 29.5 Å². The second-order valence-corrected chi connectivity index (χ2v) is 8.44. The zero-order valence-electron chi connectivity index (χ0n) is 19.0. The van der Waals surface area contributed by atoms with E-state index in [0.29, 0.717) is 30.0 Å². The van der Waals surface area contributed by atoms with Gasteiger partial charge in [-0.1, -0.05) is 6.92 Å². The molecule has 0 atom stereocenters. The summed E-state index contributed by atoms with van der Waals surface area (Å²) in [6, 6.07) is 11.4. The van der Waals surface area contributed by atoms with E-state index in [1.54, 1.807) is 42.5 Å². The van der Waals surface area contributed by atoms with Crippen LogP contribution in [0, 0.1) is 0 Å². The van der Waals surface area contributed by atoms with Crippen molar-refractivity contribution in [3.63, 3.8) is 0 Å². The minimum Gasteiger partial charge on any atom is -0.459 e. The number of carbonyl (C=O) groups excluding carboxylic acids is 2. The van der Waals surface area contributed by atoms with Gasteiger partial charge in [-0.2, -0.15) is 0 Å². The quantitative estimate of drug-likeness (QED) is 0.376. The van der Waals surface area contributed by atoms with Crippen molar-refractivity contribution >= 4 is 34.2 Å². The highest BCUT2D eigenvalue weighted by Crippen LogP contribution is 2.40. The molecule has 5 rings (SSSR count). The smallest absolute Gasteiger partial charge is 0.329 e. The molecule has 0 spiro atoms. The topological polar surface area (TPSA) is 139 Å². The summed E-state index contributed by atoms with van der Waals surface area (Å²) in [4.78, 5) is 57.5. The molecule has 0 saturated heterocycles. The summed E-state index contributed by atoms with van der Waals surface area (Å²) in [6.07, 6.45) is 3.98. The van der Waals surface area contributed by atoms with E-state index in [0.717, 1.165) is 12.8 Å². The van der Waals surface area contributed by atoms with Gasteiger partial charge in [0.1, 0.15) is 0 Å². The van der Waals surface area contributed by atoms with Crippen LogP contribution in [0.25, 0.3) is 11.0 Å². The Labute approximate surface area is 199 Å². The standard InChI is InChI=1S/C25H23N5O5/c1-2-11-30-21-20(24(33)29-25(30)34)17(13-18(28-21)14-5-6-14)22(31)26-15-7-9-16(10-8-15)27-23(32)19-4-3-12-35-19/h3-4,7-10,12-14H,2,5-6,11H2,1H3,(H,26,31)(H,27,32)(H,29,33,34). The fraction of sp³-hybridized carbons (Fsp3) is 0.240. The number of anilines is 2. The SMILES string of the molecule is CCCn1c(=O)[nH]c(=O)c2c(C(=O)Nc3ccc(NC(=O)c4ccco4)cc3)cc(C3CC3)nc21. The third-order valence-electron chi connectivity index (χ3n) is 5.80. The predicted octanol–water partition coefficient (Wildman–Crippen LogP) is 3.47. The number of nitrogens with one attached hydrogen (secondary N) is 3. The van der Waals surface area contributed by atoms with Gasteiger partial charge < -0.3 is 15.1 Å². The van der Waals surface area contributed by atoms with E-state index in [4.69, 9.17) is 4.42 Å². The summed E-state index contributed by atoms with van der Waals surface area (Å²) < 4.78 is 6.49. The van der Waals surface area contributed by atoms with E-state index in [1.165, 1.54) is 10.8 Å². The van der Waals surface area contributed by atoms with E-state index in [9.17, 15) is 19.2 Å². The van der Waals surface area contributed by atoms with Crippen LogP contribution in [0.3, 0.4) is 0 Å². The number of hydrogen-bond acceptors (Lipinski definition) is 6. The lowest BCUT2D eigenvalue weighted by Crippen LogP contribution is -2.32. The number of amides is 2. The van der Waals surface area contributed by atoms with Crippen molar-refractivity contribution in [2.45, 2.75) is 38.6 Å². The van der Waals surface area contributed by atoms with E-state index >= 15 is 0 Å². The van der Waals surface area contributed by atoms with Gasteiger partial charge in [0.25, 0.3) is 17.4 Å². The molecule has 3 N–H and O–H groups in total. The molecule has 1 aromatic carbocycles. The van der Waals surface area contributed by atoms with Gasteiger partial charge in [0.2, 0.25) is 0 Å². The monoisotopic (exact) mass is 473 g/mol. The second-order valence-electron chi connectivity index (χ2n) is 8.44. The van der Waals surface area contributed by atoms with Gasteiger partial charge in [0.15, 0.2) is 11.4 Å². The van der Waals surface area contributed by atoms with Crippen LogP contribution in [0.1, 0.15) is 58.7 Å². The molecule has 10 heteroatoms. The molecule has 4 aromatic rings. The molecule has 3 aromatic heterocycles. The van der Waals surface area contributed by atoms with Crippen molar-refractivity contribution in [2.24, 2.45) is 0 Å². The lowest BCUT2D eigenvalue weighted by Gasteiger charge is -2.13. The van der Waals surface area contributed by atoms with Crippen molar-refractivity contribution in [1.82, 2.24) is 14.5 Å². The third-order valence-corrected chi connectivity index (χ3v) is 5.80. The average molecular weight is 473 g/mol. The molecule has 1 fully saturated rings. The maximum absolute atomic E-state index is 13.3. The van der Waals surface area contributed by atoms with Crippen molar-refractivity contribution in [3.8, 4) is 0 Å². The number of hydrogen-bond donors (Lipinski definition) is 3. The average Bonchev–Trinajstić information content (AvgIpc) is 3.55. The highest BCUT2D eigenvalue weighted by Gasteiger charge is 2.28. The number of aryl methyl sites for hydroxylation is 1. The molecule has 178 valence electrons. The first kappa shape index (κ1) is 22.3. The summed E-state index contributed by atoms with van der Waals surface area (Å²) in [5.74, 6) is -0.475. The van der Waals surface area contributed by atoms with Crippen LogP contribution in [0.4, 0.5) is 11.4 Å². The molecule has 35 heavy (non-hydrogen) atoms. The molecule has 0 radical (unpaired) electrons.